The van der Waals surface area contributed by atoms with Gasteiger partial charge in [0.05, 0.1) is 21.1 Å². The van der Waals surface area contributed by atoms with Crippen molar-refractivity contribution in [1.82, 2.24) is 14.9 Å². The highest BCUT2D eigenvalue weighted by Gasteiger charge is 2.28. The minimum absolute atomic E-state index is 0.0236. The summed E-state index contributed by atoms with van der Waals surface area (Å²) >= 11 is 2.89. The van der Waals surface area contributed by atoms with E-state index < -0.39 is 0 Å². The van der Waals surface area contributed by atoms with Crippen molar-refractivity contribution in [2.24, 2.45) is 5.92 Å². The fourth-order valence-corrected chi connectivity index (χ4v) is 4.93. The molecule has 4 heterocycles. The molecule has 0 aliphatic carbocycles. The summed E-state index contributed by atoms with van der Waals surface area (Å²) in [5.41, 5.74) is 1.72. The van der Waals surface area contributed by atoms with Crippen LogP contribution in [0.5, 0.6) is 0 Å². The zero-order valence-electron chi connectivity index (χ0n) is 15.4. The van der Waals surface area contributed by atoms with Crippen LogP contribution < -0.4 is 5.32 Å². The number of nitrogens with zero attached hydrogens (tertiary/aromatic N) is 3. The first kappa shape index (κ1) is 18.8. The van der Waals surface area contributed by atoms with Gasteiger partial charge in [0.25, 0.3) is 5.91 Å². The Balaban J connectivity index is 1.36. The van der Waals surface area contributed by atoms with Crippen molar-refractivity contribution in [2.75, 3.05) is 18.4 Å². The molecule has 2 amide bonds. The number of thiophene rings is 1. The van der Waals surface area contributed by atoms with Gasteiger partial charge in [-0.2, -0.15) is 0 Å². The summed E-state index contributed by atoms with van der Waals surface area (Å²) in [6.45, 7) is 3.13. The molecule has 1 fully saturated rings. The molecular weight excluding hydrogens is 392 g/mol. The third kappa shape index (κ3) is 3.98. The average Bonchev–Trinajstić information content (AvgIpc) is 3.38. The highest BCUT2D eigenvalue weighted by atomic mass is 32.1. The van der Waals surface area contributed by atoms with Gasteiger partial charge >= 0.3 is 0 Å². The number of aromatic nitrogens is 2. The topological polar surface area (TPSA) is 75.2 Å². The average molecular weight is 413 g/mol. The summed E-state index contributed by atoms with van der Waals surface area (Å²) in [5.74, 6) is -0.0659. The van der Waals surface area contributed by atoms with Crippen LogP contribution in [0.25, 0.3) is 10.6 Å². The molecule has 3 aromatic heterocycles. The Bertz CT molecular complexity index is 962. The van der Waals surface area contributed by atoms with Crippen LogP contribution in [0.1, 0.15) is 28.2 Å². The first-order chi connectivity index (χ1) is 13.6. The van der Waals surface area contributed by atoms with Crippen LogP contribution in [0, 0.1) is 12.8 Å². The number of likely N-dealkylation sites (tertiary alicyclic amines) is 1. The van der Waals surface area contributed by atoms with Crippen LogP contribution in [-0.2, 0) is 4.79 Å². The molecule has 1 aliphatic rings. The second-order valence-corrected chi connectivity index (χ2v) is 8.63. The largest absolute Gasteiger partial charge is 0.338 e. The quantitative estimate of drug-likeness (QED) is 0.701. The molecular formula is C20H20N4O2S2. The van der Waals surface area contributed by atoms with Crippen molar-refractivity contribution in [3.63, 3.8) is 0 Å². The number of carbonyl (C=O) groups is 2. The van der Waals surface area contributed by atoms with Gasteiger partial charge in [-0.25, -0.2) is 4.98 Å². The van der Waals surface area contributed by atoms with E-state index in [1.165, 1.54) is 22.7 Å². The smallest absolute Gasteiger partial charge is 0.263 e. The minimum Gasteiger partial charge on any atom is -0.338 e. The number of nitrogens with one attached hydrogen (secondary N) is 1. The van der Waals surface area contributed by atoms with E-state index in [-0.39, 0.29) is 17.7 Å². The Kier molecular flexibility index (Phi) is 5.50. The number of anilines is 1. The third-order valence-electron chi connectivity index (χ3n) is 4.81. The maximum Gasteiger partial charge on any atom is 0.263 e. The lowest BCUT2D eigenvalue weighted by Crippen LogP contribution is -2.41. The molecule has 0 saturated carbocycles. The normalized spacial score (nSPS) is 14.8. The van der Waals surface area contributed by atoms with Crippen LogP contribution in [0.2, 0.25) is 0 Å². The van der Waals surface area contributed by atoms with Gasteiger partial charge in [0.2, 0.25) is 5.91 Å². The maximum atomic E-state index is 12.7. The van der Waals surface area contributed by atoms with Gasteiger partial charge < -0.3 is 10.2 Å². The summed E-state index contributed by atoms with van der Waals surface area (Å²) in [5, 5.41) is 5.46. The van der Waals surface area contributed by atoms with Crippen molar-refractivity contribution in [3.05, 3.63) is 52.5 Å². The maximum absolute atomic E-state index is 12.7. The van der Waals surface area contributed by atoms with Crippen LogP contribution in [0.4, 0.5) is 5.13 Å². The molecule has 3 aromatic rings. The summed E-state index contributed by atoms with van der Waals surface area (Å²) in [6.07, 6.45) is 3.08. The first-order valence-electron chi connectivity index (χ1n) is 9.14. The minimum atomic E-state index is -0.102. The zero-order chi connectivity index (χ0) is 19.5. The van der Waals surface area contributed by atoms with Gasteiger partial charge in [-0.15, -0.1) is 11.3 Å². The Hall–Kier alpha value is -2.58. The molecule has 0 bridgehead atoms. The fraction of sp³-hybridized carbons (Fsp3) is 0.300. The summed E-state index contributed by atoms with van der Waals surface area (Å²) in [7, 11) is 0. The van der Waals surface area contributed by atoms with E-state index in [0.29, 0.717) is 31.1 Å². The Morgan fingerprint density at radius 2 is 2.00 bits per heavy atom. The van der Waals surface area contributed by atoms with Gasteiger partial charge in [0.15, 0.2) is 5.13 Å². The van der Waals surface area contributed by atoms with Crippen LogP contribution >= 0.6 is 22.7 Å². The molecule has 0 atom stereocenters. The van der Waals surface area contributed by atoms with E-state index in [0.717, 1.165) is 21.1 Å². The molecule has 1 aliphatic heterocycles. The number of rotatable bonds is 4. The molecule has 0 spiro atoms. The van der Waals surface area contributed by atoms with Crippen molar-refractivity contribution < 1.29 is 9.59 Å². The number of piperidine rings is 1. The van der Waals surface area contributed by atoms with E-state index in [1.807, 2.05) is 47.5 Å². The second-order valence-electron chi connectivity index (χ2n) is 6.68. The number of aryl methyl sites for hydroxylation is 1. The molecule has 4 rings (SSSR count). The lowest BCUT2D eigenvalue weighted by molar-refractivity contribution is -0.121. The third-order valence-corrected chi connectivity index (χ3v) is 6.76. The highest BCUT2D eigenvalue weighted by molar-refractivity contribution is 7.19. The lowest BCUT2D eigenvalue weighted by Gasteiger charge is -2.30. The van der Waals surface area contributed by atoms with Gasteiger partial charge in [-0.3, -0.25) is 14.6 Å². The predicted molar refractivity (Wildman–Crippen MR) is 112 cm³/mol. The molecule has 8 heteroatoms. The lowest BCUT2D eigenvalue weighted by atomic mass is 9.96. The highest BCUT2D eigenvalue weighted by Crippen LogP contribution is 2.32. The summed E-state index contributed by atoms with van der Waals surface area (Å²) < 4.78 is 0. The predicted octanol–water partition coefficient (Wildman–Crippen LogP) is 4.07. The SMILES string of the molecule is Cc1nc(NC(=O)C2CCN(C(=O)c3cccs3)CC2)sc1-c1ccccn1. The molecule has 0 unspecified atom stereocenters. The number of pyridine rings is 1. The van der Waals surface area contributed by atoms with Crippen LogP contribution in [-0.4, -0.2) is 39.8 Å². The van der Waals surface area contributed by atoms with Gasteiger partial charge in [-0.1, -0.05) is 23.5 Å². The summed E-state index contributed by atoms with van der Waals surface area (Å²) in [6, 6.07) is 9.47. The molecule has 6 nitrogen and oxygen atoms in total. The van der Waals surface area contributed by atoms with E-state index in [2.05, 4.69) is 15.3 Å². The molecule has 144 valence electrons. The van der Waals surface area contributed by atoms with Crippen molar-refractivity contribution in [3.8, 4) is 10.6 Å². The van der Waals surface area contributed by atoms with Gasteiger partial charge in [0, 0.05) is 25.2 Å². The molecule has 28 heavy (non-hydrogen) atoms. The fourth-order valence-electron chi connectivity index (χ4n) is 3.29. The van der Waals surface area contributed by atoms with Gasteiger partial charge in [0.1, 0.15) is 0 Å². The van der Waals surface area contributed by atoms with E-state index in [4.69, 9.17) is 0 Å². The second kappa shape index (κ2) is 8.20. The summed E-state index contributed by atoms with van der Waals surface area (Å²) in [4.78, 5) is 37.5. The first-order valence-corrected chi connectivity index (χ1v) is 10.8. The molecule has 1 N–H and O–H groups in total. The van der Waals surface area contributed by atoms with Crippen LogP contribution in [0.3, 0.4) is 0 Å². The van der Waals surface area contributed by atoms with Crippen molar-refractivity contribution >= 4 is 39.6 Å². The Morgan fingerprint density at radius 3 is 2.68 bits per heavy atom. The van der Waals surface area contributed by atoms with Gasteiger partial charge in [-0.05, 0) is 43.3 Å². The number of thiazole rings is 1. The number of carbonyl (C=O) groups excluding carboxylic acids is 2. The molecule has 0 aromatic carbocycles. The van der Waals surface area contributed by atoms with Crippen molar-refractivity contribution in [2.45, 2.75) is 19.8 Å². The standard InChI is InChI=1S/C20H20N4O2S2/c1-13-17(15-5-2-3-9-21-15)28-20(22-13)23-18(25)14-7-10-24(11-8-14)19(26)16-6-4-12-27-16/h2-6,9,12,14H,7-8,10-11H2,1H3,(H,22,23,25). The van der Waals surface area contributed by atoms with E-state index >= 15 is 0 Å². The van der Waals surface area contributed by atoms with E-state index in [1.54, 1.807) is 6.20 Å². The van der Waals surface area contributed by atoms with E-state index in [9.17, 15) is 9.59 Å². The van der Waals surface area contributed by atoms with Crippen LogP contribution in [0.15, 0.2) is 41.9 Å². The monoisotopic (exact) mass is 412 g/mol. The zero-order valence-corrected chi connectivity index (χ0v) is 17.1. The Labute approximate surface area is 171 Å². The Morgan fingerprint density at radius 1 is 1.18 bits per heavy atom. The number of hydrogen-bond donors (Lipinski definition) is 1. The van der Waals surface area contributed by atoms with Crippen molar-refractivity contribution in [1.29, 1.82) is 0 Å². The molecule has 1 saturated heterocycles. The number of hydrogen-bond acceptors (Lipinski definition) is 6. The number of amides is 2. The molecule has 0 radical (unpaired) electrons.